The molecule has 1 heterocycles. The molecule has 0 aliphatic heterocycles. The van der Waals surface area contributed by atoms with Gasteiger partial charge in [-0.1, -0.05) is 103 Å². The monoisotopic (exact) mass is 455 g/mol. The van der Waals surface area contributed by atoms with E-state index >= 15 is 0 Å². The van der Waals surface area contributed by atoms with E-state index in [1.54, 1.807) is 24.4 Å². The van der Waals surface area contributed by atoms with Crippen molar-refractivity contribution < 1.29 is 4.79 Å². The Kier molecular flexibility index (Phi) is 6.10. The van der Waals surface area contributed by atoms with Gasteiger partial charge in [0.2, 0.25) is 0 Å². The van der Waals surface area contributed by atoms with Crippen molar-refractivity contribution in [2.45, 2.75) is 5.54 Å². The number of imidazole rings is 1. The average molecular weight is 456 g/mol. The van der Waals surface area contributed by atoms with Crippen LogP contribution in [0.5, 0.6) is 0 Å². The van der Waals surface area contributed by atoms with Gasteiger partial charge in [0.05, 0.1) is 0 Å². The highest BCUT2D eigenvalue weighted by Crippen LogP contribution is 2.41. The van der Waals surface area contributed by atoms with Crippen LogP contribution in [0.1, 0.15) is 32.9 Å². The van der Waals surface area contributed by atoms with Gasteiger partial charge in [0, 0.05) is 23.6 Å². The second-order valence-electron chi connectivity index (χ2n) is 8.25. The smallest absolute Gasteiger partial charge is 0.188 e. The van der Waals surface area contributed by atoms with E-state index in [1.807, 2.05) is 72.9 Å². The molecule has 0 radical (unpaired) electrons. The third kappa shape index (κ3) is 4.06. The second-order valence-corrected chi connectivity index (χ2v) is 8.25. The van der Waals surface area contributed by atoms with Gasteiger partial charge in [-0.25, -0.2) is 4.98 Å². The van der Waals surface area contributed by atoms with Gasteiger partial charge in [-0.15, -0.1) is 0 Å². The van der Waals surface area contributed by atoms with Crippen LogP contribution in [0.15, 0.2) is 134 Å². The Morgan fingerprint density at radius 2 is 1.20 bits per heavy atom. The maximum atomic E-state index is 12.9. The molecule has 0 amide bonds. The minimum atomic E-state index is -0.700. The Balaban J connectivity index is 1.72. The van der Waals surface area contributed by atoms with E-state index in [4.69, 9.17) is 5.73 Å². The summed E-state index contributed by atoms with van der Waals surface area (Å²) >= 11 is 0. The first-order chi connectivity index (χ1) is 17.2. The molecule has 170 valence electrons. The Hall–Kier alpha value is -4.70. The third-order valence-electron chi connectivity index (χ3n) is 6.22. The van der Waals surface area contributed by atoms with E-state index < -0.39 is 5.54 Å². The minimum absolute atomic E-state index is 0.164. The molecule has 0 saturated carbocycles. The number of nitrogens with two attached hydrogens (primary N) is 1. The first-order valence-electron chi connectivity index (χ1n) is 11.5. The van der Waals surface area contributed by atoms with Crippen LogP contribution in [0.3, 0.4) is 0 Å². The van der Waals surface area contributed by atoms with Gasteiger partial charge in [-0.2, -0.15) is 0 Å². The molecule has 0 saturated heterocycles. The van der Waals surface area contributed by atoms with E-state index in [-0.39, 0.29) is 5.78 Å². The Morgan fingerprint density at radius 1 is 0.714 bits per heavy atom. The summed E-state index contributed by atoms with van der Waals surface area (Å²) in [7, 11) is 0. The number of rotatable bonds is 7. The number of allylic oxidation sites excluding steroid dienone is 1. The lowest BCUT2D eigenvalue weighted by Crippen LogP contribution is -2.38. The lowest BCUT2D eigenvalue weighted by Gasteiger charge is -2.38. The number of nitrogen functional groups attached to an aromatic ring is 1. The number of hydrogen-bond acceptors (Lipinski definition) is 3. The summed E-state index contributed by atoms with van der Waals surface area (Å²) in [5.41, 5.74) is 9.51. The SMILES string of the molecule is Nc1ccccc1C(=O)/C=C/c1nccn1C(c1ccccc1)(c1ccccc1)c1ccccc1. The predicted octanol–water partition coefficient (Wildman–Crippen LogP) is 6.20. The third-order valence-corrected chi connectivity index (χ3v) is 6.22. The second kappa shape index (κ2) is 9.65. The van der Waals surface area contributed by atoms with E-state index in [9.17, 15) is 4.79 Å². The van der Waals surface area contributed by atoms with Crippen molar-refractivity contribution in [1.29, 1.82) is 0 Å². The van der Waals surface area contributed by atoms with E-state index in [2.05, 4.69) is 45.9 Å². The zero-order chi connectivity index (χ0) is 24.1. The highest BCUT2D eigenvalue weighted by Gasteiger charge is 2.39. The lowest BCUT2D eigenvalue weighted by molar-refractivity contribution is 0.104. The summed E-state index contributed by atoms with van der Waals surface area (Å²) in [6, 6.07) is 38.2. The number of para-hydroxylation sites is 1. The van der Waals surface area contributed by atoms with Gasteiger partial charge >= 0.3 is 0 Å². The number of carbonyl (C=O) groups excluding carboxylic acids is 1. The number of aromatic nitrogens is 2. The molecule has 0 aliphatic carbocycles. The van der Waals surface area contributed by atoms with Crippen LogP contribution < -0.4 is 5.73 Å². The van der Waals surface area contributed by atoms with Gasteiger partial charge in [-0.05, 0) is 41.0 Å². The molecule has 0 fully saturated rings. The number of ketones is 1. The molecular formula is C31H25N3O. The standard InChI is InChI=1S/C31H25N3O/c32-28-19-11-10-18-27(28)29(35)20-21-30-33-22-23-34(30)31(24-12-4-1-5-13-24,25-14-6-2-7-15-25)26-16-8-3-9-17-26/h1-23H,32H2/b21-20+. The molecular weight excluding hydrogens is 430 g/mol. The van der Waals surface area contributed by atoms with Crippen LogP contribution >= 0.6 is 0 Å². The quantitative estimate of drug-likeness (QED) is 0.138. The normalized spacial score (nSPS) is 11.5. The molecule has 2 N–H and O–H groups in total. The molecule has 5 rings (SSSR count). The summed E-state index contributed by atoms with van der Waals surface area (Å²) in [6.45, 7) is 0. The molecule has 0 aliphatic rings. The minimum Gasteiger partial charge on any atom is -0.398 e. The van der Waals surface area contributed by atoms with E-state index in [0.717, 1.165) is 16.7 Å². The number of benzene rings is 4. The van der Waals surface area contributed by atoms with Gasteiger partial charge < -0.3 is 10.3 Å². The summed E-state index contributed by atoms with van der Waals surface area (Å²) < 4.78 is 2.13. The fraction of sp³-hybridized carbons (Fsp3) is 0.0323. The average Bonchev–Trinajstić information content (AvgIpc) is 3.39. The summed E-state index contributed by atoms with van der Waals surface area (Å²) in [5.74, 6) is 0.492. The van der Waals surface area contributed by atoms with Crippen molar-refractivity contribution in [3.63, 3.8) is 0 Å². The summed E-state index contributed by atoms with van der Waals surface area (Å²) in [4.78, 5) is 17.6. The highest BCUT2D eigenvalue weighted by molar-refractivity contribution is 6.09. The summed E-state index contributed by atoms with van der Waals surface area (Å²) in [5, 5.41) is 0. The summed E-state index contributed by atoms with van der Waals surface area (Å²) in [6.07, 6.45) is 7.03. The molecule has 35 heavy (non-hydrogen) atoms. The molecule has 4 heteroatoms. The van der Waals surface area contributed by atoms with Crippen molar-refractivity contribution in [2.24, 2.45) is 0 Å². The topological polar surface area (TPSA) is 60.9 Å². The van der Waals surface area contributed by atoms with Crippen molar-refractivity contribution in [3.05, 3.63) is 162 Å². The molecule has 4 nitrogen and oxygen atoms in total. The molecule has 4 aromatic carbocycles. The largest absolute Gasteiger partial charge is 0.398 e. The number of anilines is 1. The predicted molar refractivity (Wildman–Crippen MR) is 141 cm³/mol. The van der Waals surface area contributed by atoms with Gasteiger partial charge in [0.25, 0.3) is 0 Å². The maximum Gasteiger partial charge on any atom is 0.188 e. The molecule has 0 unspecified atom stereocenters. The zero-order valence-corrected chi connectivity index (χ0v) is 19.2. The fourth-order valence-electron chi connectivity index (χ4n) is 4.64. The van der Waals surface area contributed by atoms with Gasteiger partial charge in [-0.3, -0.25) is 4.79 Å². The van der Waals surface area contributed by atoms with Crippen LogP contribution in [0.2, 0.25) is 0 Å². The van der Waals surface area contributed by atoms with Crippen LogP contribution in [0.4, 0.5) is 5.69 Å². The molecule has 5 aromatic rings. The van der Waals surface area contributed by atoms with Crippen molar-refractivity contribution >= 4 is 17.5 Å². The maximum absolute atomic E-state index is 12.9. The molecule has 0 spiro atoms. The van der Waals surface area contributed by atoms with Crippen LogP contribution in [0.25, 0.3) is 6.08 Å². The Morgan fingerprint density at radius 3 is 1.71 bits per heavy atom. The Labute approximate surface area is 205 Å². The van der Waals surface area contributed by atoms with E-state index in [1.165, 1.54) is 6.08 Å². The molecule has 0 atom stereocenters. The van der Waals surface area contributed by atoms with Crippen molar-refractivity contribution in [2.75, 3.05) is 5.73 Å². The number of nitrogens with zero attached hydrogens (tertiary/aromatic N) is 2. The van der Waals surface area contributed by atoms with Crippen LogP contribution in [0, 0.1) is 0 Å². The van der Waals surface area contributed by atoms with E-state index in [0.29, 0.717) is 17.1 Å². The molecule has 1 aromatic heterocycles. The first-order valence-corrected chi connectivity index (χ1v) is 11.5. The molecule has 0 bridgehead atoms. The van der Waals surface area contributed by atoms with Gasteiger partial charge in [0.15, 0.2) is 5.78 Å². The number of hydrogen-bond donors (Lipinski definition) is 1. The van der Waals surface area contributed by atoms with Crippen molar-refractivity contribution in [1.82, 2.24) is 9.55 Å². The van der Waals surface area contributed by atoms with Crippen LogP contribution in [-0.2, 0) is 5.54 Å². The fourth-order valence-corrected chi connectivity index (χ4v) is 4.64. The Bertz CT molecular complexity index is 1360. The first kappa shape index (κ1) is 22.1. The van der Waals surface area contributed by atoms with Crippen LogP contribution in [-0.4, -0.2) is 15.3 Å². The number of carbonyl (C=O) groups is 1. The van der Waals surface area contributed by atoms with Gasteiger partial charge in [0.1, 0.15) is 11.4 Å². The van der Waals surface area contributed by atoms with Crippen molar-refractivity contribution in [3.8, 4) is 0 Å². The lowest BCUT2D eigenvalue weighted by atomic mass is 9.76. The highest BCUT2D eigenvalue weighted by atomic mass is 16.1. The zero-order valence-electron chi connectivity index (χ0n) is 19.2.